The molecule has 0 aromatic carbocycles. The molecule has 21 heavy (non-hydrogen) atoms. The fraction of sp³-hybridized carbons (Fsp3) is 0.214. The van der Waals surface area contributed by atoms with Gasteiger partial charge in [0.15, 0.2) is 0 Å². The lowest BCUT2D eigenvalue weighted by Crippen LogP contribution is -2.30. The average Bonchev–Trinajstić information content (AvgIpc) is 2.93. The van der Waals surface area contributed by atoms with Crippen molar-refractivity contribution in [1.29, 1.82) is 0 Å². The van der Waals surface area contributed by atoms with Crippen molar-refractivity contribution in [2.75, 3.05) is 11.9 Å². The number of amides is 2. The van der Waals surface area contributed by atoms with Gasteiger partial charge in [-0.15, -0.1) is 0 Å². The molecule has 0 spiro atoms. The Morgan fingerprint density at radius 1 is 1.29 bits per heavy atom. The average molecular weight is 305 g/mol. The lowest BCUT2D eigenvalue weighted by Gasteiger charge is -2.07. The minimum Gasteiger partial charge on any atom is -0.481 e. The van der Waals surface area contributed by atoms with Crippen molar-refractivity contribution in [2.24, 2.45) is 0 Å². The summed E-state index contributed by atoms with van der Waals surface area (Å²) < 4.78 is 0. The Bertz CT molecular complexity index is 596. The number of hydrogen-bond acceptors (Lipinski definition) is 4. The van der Waals surface area contributed by atoms with E-state index in [-0.39, 0.29) is 12.5 Å². The molecule has 3 N–H and O–H groups in total. The highest BCUT2D eigenvalue weighted by Crippen LogP contribution is 2.07. The lowest BCUT2D eigenvalue weighted by molar-refractivity contribution is -0.136. The number of pyridine rings is 1. The summed E-state index contributed by atoms with van der Waals surface area (Å²) in [5.74, 6) is -0.936. The summed E-state index contributed by atoms with van der Waals surface area (Å²) in [7, 11) is 0. The van der Waals surface area contributed by atoms with Gasteiger partial charge >= 0.3 is 12.0 Å². The Kier molecular flexibility index (Phi) is 5.28. The van der Waals surface area contributed by atoms with Gasteiger partial charge in [0.2, 0.25) is 0 Å². The maximum Gasteiger partial charge on any atom is 0.319 e. The number of anilines is 1. The van der Waals surface area contributed by atoms with Gasteiger partial charge in [-0.25, -0.2) is 4.79 Å². The van der Waals surface area contributed by atoms with Crippen LogP contribution in [0.1, 0.15) is 11.3 Å². The molecule has 0 saturated heterocycles. The summed E-state index contributed by atoms with van der Waals surface area (Å²) in [5.41, 5.74) is 2.17. The van der Waals surface area contributed by atoms with E-state index in [1.54, 1.807) is 23.5 Å². The highest BCUT2D eigenvalue weighted by atomic mass is 32.1. The van der Waals surface area contributed by atoms with Gasteiger partial charge in [-0.3, -0.25) is 9.78 Å². The highest BCUT2D eigenvalue weighted by molar-refractivity contribution is 7.07. The molecule has 2 aromatic heterocycles. The van der Waals surface area contributed by atoms with Gasteiger partial charge in [-0.2, -0.15) is 11.3 Å². The SMILES string of the molecule is O=C(O)Cc1ccc(NC(=O)NCCc2ccsc2)cn1. The van der Waals surface area contributed by atoms with Crippen LogP contribution in [0.3, 0.4) is 0 Å². The number of thiophene rings is 1. The molecule has 2 amide bonds. The number of carboxylic acid groups (broad SMARTS) is 1. The molecule has 110 valence electrons. The predicted octanol–water partition coefficient (Wildman–Crippen LogP) is 2.13. The third-order valence-electron chi connectivity index (χ3n) is 2.69. The third-order valence-corrected chi connectivity index (χ3v) is 3.43. The van der Waals surface area contributed by atoms with Gasteiger partial charge < -0.3 is 15.7 Å². The summed E-state index contributed by atoms with van der Waals surface area (Å²) in [5, 5.41) is 18.1. The fourth-order valence-corrected chi connectivity index (χ4v) is 2.39. The van der Waals surface area contributed by atoms with Crippen LogP contribution in [-0.4, -0.2) is 28.6 Å². The van der Waals surface area contributed by atoms with E-state index in [4.69, 9.17) is 5.11 Å². The summed E-state index contributed by atoms with van der Waals surface area (Å²) in [6.07, 6.45) is 2.09. The summed E-state index contributed by atoms with van der Waals surface area (Å²) in [4.78, 5) is 26.2. The molecule has 0 bridgehead atoms. The zero-order valence-electron chi connectivity index (χ0n) is 11.2. The summed E-state index contributed by atoms with van der Waals surface area (Å²) in [6, 6.07) is 4.92. The van der Waals surface area contributed by atoms with Crippen LogP contribution in [0, 0.1) is 0 Å². The van der Waals surface area contributed by atoms with Crippen molar-refractivity contribution >= 4 is 29.0 Å². The molecule has 0 unspecified atom stereocenters. The molecule has 2 heterocycles. The molecule has 0 aliphatic rings. The standard InChI is InChI=1S/C14H15N3O3S/c18-13(19)7-11-1-2-12(8-16-11)17-14(20)15-5-3-10-4-6-21-9-10/h1-2,4,6,8-9H,3,5,7H2,(H,18,19)(H2,15,17,20). The molecule has 2 rings (SSSR count). The topological polar surface area (TPSA) is 91.3 Å². The Morgan fingerprint density at radius 2 is 2.14 bits per heavy atom. The zero-order valence-corrected chi connectivity index (χ0v) is 12.0. The molecule has 0 aliphatic heterocycles. The number of nitrogens with one attached hydrogen (secondary N) is 2. The number of carboxylic acids is 1. The molecule has 7 heteroatoms. The fourth-order valence-electron chi connectivity index (χ4n) is 1.69. The Labute approximate surface area is 125 Å². The normalized spacial score (nSPS) is 10.1. The molecule has 0 aliphatic carbocycles. The Balaban J connectivity index is 1.75. The van der Waals surface area contributed by atoms with Gasteiger partial charge in [0.25, 0.3) is 0 Å². The van der Waals surface area contributed by atoms with Gasteiger partial charge in [-0.1, -0.05) is 0 Å². The van der Waals surface area contributed by atoms with Crippen LogP contribution in [0.25, 0.3) is 0 Å². The van der Waals surface area contributed by atoms with E-state index in [0.29, 0.717) is 17.9 Å². The smallest absolute Gasteiger partial charge is 0.319 e. The van der Waals surface area contributed by atoms with Crippen LogP contribution in [0.15, 0.2) is 35.2 Å². The maximum atomic E-state index is 11.7. The van der Waals surface area contributed by atoms with E-state index < -0.39 is 5.97 Å². The number of aliphatic carboxylic acids is 1. The van der Waals surface area contributed by atoms with E-state index in [1.807, 2.05) is 16.8 Å². The number of rotatable bonds is 6. The number of carbonyl (C=O) groups excluding carboxylic acids is 1. The van der Waals surface area contributed by atoms with Gasteiger partial charge in [0, 0.05) is 6.54 Å². The van der Waals surface area contributed by atoms with Gasteiger partial charge in [0.05, 0.1) is 24.0 Å². The third kappa shape index (κ3) is 5.23. The van der Waals surface area contributed by atoms with E-state index in [0.717, 1.165) is 6.42 Å². The number of hydrogen-bond donors (Lipinski definition) is 3. The molecule has 2 aromatic rings. The Morgan fingerprint density at radius 3 is 2.76 bits per heavy atom. The first-order valence-corrected chi connectivity index (χ1v) is 7.30. The van der Waals surface area contributed by atoms with Crippen molar-refractivity contribution < 1.29 is 14.7 Å². The zero-order chi connectivity index (χ0) is 15.1. The van der Waals surface area contributed by atoms with E-state index in [9.17, 15) is 9.59 Å². The van der Waals surface area contributed by atoms with Crippen LogP contribution in [0.4, 0.5) is 10.5 Å². The van der Waals surface area contributed by atoms with Crippen molar-refractivity contribution in [3.8, 4) is 0 Å². The summed E-state index contributed by atoms with van der Waals surface area (Å²) >= 11 is 1.63. The monoisotopic (exact) mass is 305 g/mol. The highest BCUT2D eigenvalue weighted by Gasteiger charge is 2.04. The quantitative estimate of drug-likeness (QED) is 0.762. The number of aromatic nitrogens is 1. The second-order valence-electron chi connectivity index (χ2n) is 4.37. The second kappa shape index (κ2) is 7.39. The van der Waals surface area contributed by atoms with Crippen molar-refractivity contribution in [3.63, 3.8) is 0 Å². The second-order valence-corrected chi connectivity index (χ2v) is 5.15. The summed E-state index contributed by atoms with van der Waals surface area (Å²) in [6.45, 7) is 0.549. The molecule has 0 atom stereocenters. The van der Waals surface area contributed by atoms with Crippen LogP contribution in [-0.2, 0) is 17.6 Å². The van der Waals surface area contributed by atoms with Crippen LogP contribution >= 0.6 is 11.3 Å². The van der Waals surface area contributed by atoms with Crippen molar-refractivity contribution in [1.82, 2.24) is 10.3 Å². The first-order valence-electron chi connectivity index (χ1n) is 6.36. The first kappa shape index (κ1) is 15.0. The maximum absolute atomic E-state index is 11.7. The molecule has 6 nitrogen and oxygen atoms in total. The Hall–Kier alpha value is -2.41. The van der Waals surface area contributed by atoms with Crippen LogP contribution in [0.5, 0.6) is 0 Å². The molecule has 0 saturated carbocycles. The minimum atomic E-state index is -0.936. The molecular formula is C14H15N3O3S. The number of carbonyl (C=O) groups is 2. The van der Waals surface area contributed by atoms with Crippen molar-refractivity contribution in [2.45, 2.75) is 12.8 Å². The largest absolute Gasteiger partial charge is 0.481 e. The van der Waals surface area contributed by atoms with Crippen molar-refractivity contribution in [3.05, 3.63) is 46.4 Å². The van der Waals surface area contributed by atoms with Crippen LogP contribution < -0.4 is 10.6 Å². The molecular weight excluding hydrogens is 290 g/mol. The number of nitrogens with zero attached hydrogens (tertiary/aromatic N) is 1. The number of urea groups is 1. The molecule has 0 fully saturated rings. The van der Waals surface area contributed by atoms with Gasteiger partial charge in [-0.05, 0) is 40.9 Å². The van der Waals surface area contributed by atoms with E-state index in [2.05, 4.69) is 15.6 Å². The predicted molar refractivity (Wildman–Crippen MR) is 80.6 cm³/mol. The minimum absolute atomic E-state index is 0.132. The first-order chi connectivity index (χ1) is 10.1. The van der Waals surface area contributed by atoms with E-state index in [1.165, 1.54) is 11.8 Å². The van der Waals surface area contributed by atoms with Crippen LogP contribution in [0.2, 0.25) is 0 Å². The van der Waals surface area contributed by atoms with Gasteiger partial charge in [0.1, 0.15) is 0 Å². The lowest BCUT2D eigenvalue weighted by atomic mass is 10.2. The van der Waals surface area contributed by atoms with E-state index >= 15 is 0 Å². The molecule has 0 radical (unpaired) electrons.